The van der Waals surface area contributed by atoms with E-state index >= 15 is 0 Å². The Morgan fingerprint density at radius 1 is 0.979 bits per heavy atom. The summed E-state index contributed by atoms with van der Waals surface area (Å²) in [4.78, 5) is 35.9. The van der Waals surface area contributed by atoms with Crippen molar-refractivity contribution in [2.24, 2.45) is 5.92 Å². The van der Waals surface area contributed by atoms with Crippen molar-refractivity contribution < 1.29 is 60.0 Å². The van der Waals surface area contributed by atoms with Crippen LogP contribution >= 0.6 is 0 Å². The SMILES string of the molecule is CC(=O)O[C@@H](C)C=CC(=O)N[C@@H]1C[C@H](C)[C@H](CC=C(C)C=C[C@@H]2C[C@]3(CO3)C[C@@H](CC(=O)Oc3c(F)c(F)c(F)c(F)c3F)O2)O[C@@H]1C. The van der Waals surface area contributed by atoms with Gasteiger partial charge in [-0.15, -0.1) is 0 Å². The van der Waals surface area contributed by atoms with Crippen molar-refractivity contribution in [3.8, 4) is 5.75 Å². The number of nitrogens with one attached hydrogen (secondary N) is 1. The minimum atomic E-state index is -2.35. The lowest BCUT2D eigenvalue weighted by atomic mass is 9.88. The third-order valence-electron chi connectivity index (χ3n) is 8.53. The van der Waals surface area contributed by atoms with Crippen LogP contribution in [0.15, 0.2) is 36.0 Å². The zero-order valence-electron chi connectivity index (χ0n) is 27.3. The summed E-state index contributed by atoms with van der Waals surface area (Å²) in [5.41, 5.74) is 0.382. The van der Waals surface area contributed by atoms with Crippen LogP contribution in [0.25, 0.3) is 0 Å². The summed E-state index contributed by atoms with van der Waals surface area (Å²) in [6.07, 6.45) is 8.07. The Bertz CT molecular complexity index is 1450. The molecule has 48 heavy (non-hydrogen) atoms. The number of benzene rings is 1. The highest BCUT2D eigenvalue weighted by Crippen LogP contribution is 2.43. The minimum absolute atomic E-state index is 0.0850. The van der Waals surface area contributed by atoms with E-state index in [1.165, 1.54) is 19.1 Å². The number of rotatable bonds is 11. The molecule has 0 radical (unpaired) electrons. The van der Waals surface area contributed by atoms with Crippen LogP contribution in [0.5, 0.6) is 5.75 Å². The van der Waals surface area contributed by atoms with E-state index in [1.807, 2.05) is 32.1 Å². The predicted molar refractivity (Wildman–Crippen MR) is 161 cm³/mol. The van der Waals surface area contributed by atoms with E-state index < -0.39 is 77.1 Å². The number of amides is 1. The molecule has 1 amide bonds. The molecule has 1 aromatic rings. The van der Waals surface area contributed by atoms with Crippen LogP contribution in [0, 0.1) is 35.0 Å². The van der Waals surface area contributed by atoms with E-state index in [0.29, 0.717) is 32.3 Å². The number of esters is 2. The van der Waals surface area contributed by atoms with Crippen LogP contribution in [0.4, 0.5) is 22.0 Å². The van der Waals surface area contributed by atoms with Gasteiger partial charge in [0.05, 0.1) is 49.1 Å². The molecule has 9 nitrogen and oxygen atoms in total. The van der Waals surface area contributed by atoms with E-state index in [4.69, 9.17) is 18.9 Å². The molecule has 0 aromatic heterocycles. The molecule has 1 spiro atoms. The van der Waals surface area contributed by atoms with E-state index in [2.05, 4.69) is 17.0 Å². The molecule has 4 rings (SSSR count). The van der Waals surface area contributed by atoms with Crippen LogP contribution in [0.2, 0.25) is 0 Å². The zero-order chi connectivity index (χ0) is 35.3. The average molecular weight is 686 g/mol. The van der Waals surface area contributed by atoms with E-state index in [1.54, 1.807) is 6.92 Å². The molecule has 3 heterocycles. The molecule has 1 N–H and O–H groups in total. The summed E-state index contributed by atoms with van der Waals surface area (Å²) in [7, 11) is 0. The molecular formula is C34H40F5NO8. The highest BCUT2D eigenvalue weighted by molar-refractivity contribution is 5.87. The second-order valence-corrected chi connectivity index (χ2v) is 12.7. The number of epoxide rings is 1. The number of carbonyl (C=O) groups is 3. The van der Waals surface area contributed by atoms with Crippen LogP contribution in [0.3, 0.4) is 0 Å². The average Bonchev–Trinajstić information content (AvgIpc) is 3.76. The third-order valence-corrected chi connectivity index (χ3v) is 8.53. The first kappa shape index (κ1) is 37.2. The molecular weight excluding hydrogens is 645 g/mol. The van der Waals surface area contributed by atoms with Crippen LogP contribution in [-0.4, -0.2) is 66.6 Å². The number of allylic oxidation sites excluding steroid dienone is 2. The first-order chi connectivity index (χ1) is 22.6. The van der Waals surface area contributed by atoms with Crippen molar-refractivity contribution in [2.75, 3.05) is 6.61 Å². The molecule has 264 valence electrons. The summed E-state index contributed by atoms with van der Waals surface area (Å²) < 4.78 is 95.6. The predicted octanol–water partition coefficient (Wildman–Crippen LogP) is 5.69. The highest BCUT2D eigenvalue weighted by atomic mass is 19.2. The molecule has 3 aliphatic rings. The first-order valence-corrected chi connectivity index (χ1v) is 15.7. The summed E-state index contributed by atoms with van der Waals surface area (Å²) in [5.74, 6) is -14.7. The number of hydrogen-bond donors (Lipinski definition) is 1. The van der Waals surface area contributed by atoms with Gasteiger partial charge in [0.15, 0.2) is 0 Å². The summed E-state index contributed by atoms with van der Waals surface area (Å²) in [5, 5.41) is 2.95. The Kier molecular flexibility index (Phi) is 12.2. The maximum absolute atomic E-state index is 14.0. The molecule has 3 saturated heterocycles. The summed E-state index contributed by atoms with van der Waals surface area (Å²) in [6, 6.07) is -0.191. The highest BCUT2D eigenvalue weighted by Gasteiger charge is 2.51. The van der Waals surface area contributed by atoms with E-state index in [0.717, 1.165) is 5.57 Å². The number of hydrogen-bond acceptors (Lipinski definition) is 8. The van der Waals surface area contributed by atoms with Crippen LogP contribution in [-0.2, 0) is 33.3 Å². The molecule has 3 aliphatic heterocycles. The quantitative estimate of drug-likeness (QED) is 0.0462. The molecule has 14 heteroatoms. The Morgan fingerprint density at radius 2 is 1.62 bits per heavy atom. The van der Waals surface area contributed by atoms with Gasteiger partial charge in [-0.3, -0.25) is 14.4 Å². The molecule has 1 aromatic carbocycles. The van der Waals surface area contributed by atoms with Crippen molar-refractivity contribution in [1.82, 2.24) is 5.32 Å². The standard InChI is InChI=1S/C34H40F5NO8/c1-17(7-10-25-18(2)12-24(20(4)46-25)40-26(42)11-8-19(3)45-21(5)41)6-9-22-14-34(16-44-34)15-23(47-22)13-27(43)48-33-31(38)29(36)28(35)30(37)32(33)39/h6-9,11,18-20,22-25H,10,12-16H2,1-5H3,(H,40,42)/t18-,19-,20+,22+,23+,24+,25-,34+/m0/s1. The fraction of sp³-hybridized carbons (Fsp3) is 0.559. The Balaban J connectivity index is 1.28. The number of ether oxygens (including phenoxy) is 5. The van der Waals surface area contributed by atoms with Crippen molar-refractivity contribution >= 4 is 17.8 Å². The lowest BCUT2D eigenvalue weighted by Crippen LogP contribution is -2.50. The molecule has 0 saturated carbocycles. The minimum Gasteiger partial charge on any atom is -0.459 e. The second-order valence-electron chi connectivity index (χ2n) is 12.7. The number of halogens is 5. The van der Waals surface area contributed by atoms with E-state index in [-0.39, 0.29) is 30.1 Å². The Morgan fingerprint density at radius 3 is 2.25 bits per heavy atom. The number of carbonyl (C=O) groups excluding carboxylic acids is 3. The zero-order valence-corrected chi connectivity index (χ0v) is 27.3. The van der Waals surface area contributed by atoms with Gasteiger partial charge in [-0.1, -0.05) is 30.7 Å². The largest absolute Gasteiger partial charge is 0.459 e. The Labute approximate surface area is 275 Å². The third kappa shape index (κ3) is 9.73. The molecule has 3 fully saturated rings. The fourth-order valence-corrected chi connectivity index (χ4v) is 5.89. The van der Waals surface area contributed by atoms with Gasteiger partial charge < -0.3 is 29.0 Å². The Hall–Kier alpha value is -3.62. The molecule has 0 aliphatic carbocycles. The fourth-order valence-electron chi connectivity index (χ4n) is 5.89. The second kappa shape index (κ2) is 15.7. The van der Waals surface area contributed by atoms with Gasteiger partial charge in [-0.2, -0.15) is 8.78 Å². The van der Waals surface area contributed by atoms with Crippen molar-refractivity contribution in [1.29, 1.82) is 0 Å². The maximum Gasteiger partial charge on any atom is 0.314 e. The van der Waals surface area contributed by atoms with Gasteiger partial charge in [-0.05, 0) is 45.6 Å². The maximum atomic E-state index is 14.0. The van der Waals surface area contributed by atoms with Gasteiger partial charge >= 0.3 is 11.9 Å². The normalized spacial score (nSPS) is 29.7. The molecule has 8 atom stereocenters. The summed E-state index contributed by atoms with van der Waals surface area (Å²) in [6.45, 7) is 9.25. The van der Waals surface area contributed by atoms with Crippen molar-refractivity contribution in [3.63, 3.8) is 0 Å². The van der Waals surface area contributed by atoms with Gasteiger partial charge in [0.1, 0.15) is 6.10 Å². The van der Waals surface area contributed by atoms with Crippen molar-refractivity contribution in [2.45, 2.75) is 109 Å². The van der Waals surface area contributed by atoms with Crippen LogP contribution in [0.1, 0.15) is 66.7 Å². The van der Waals surface area contributed by atoms with Gasteiger partial charge in [-0.25, -0.2) is 13.2 Å². The smallest absolute Gasteiger partial charge is 0.314 e. The van der Waals surface area contributed by atoms with Gasteiger partial charge in [0.25, 0.3) is 0 Å². The summed E-state index contributed by atoms with van der Waals surface area (Å²) >= 11 is 0. The van der Waals surface area contributed by atoms with Gasteiger partial charge in [0.2, 0.25) is 40.7 Å². The molecule has 0 bridgehead atoms. The van der Waals surface area contributed by atoms with Gasteiger partial charge in [0, 0.05) is 25.8 Å². The van der Waals surface area contributed by atoms with Crippen LogP contribution < -0.4 is 10.1 Å². The molecule has 0 unspecified atom stereocenters. The van der Waals surface area contributed by atoms with Crippen molar-refractivity contribution in [3.05, 3.63) is 65.0 Å². The lowest BCUT2D eigenvalue weighted by Gasteiger charge is -2.39. The lowest BCUT2D eigenvalue weighted by molar-refractivity contribution is -0.143. The monoisotopic (exact) mass is 685 g/mol. The van der Waals surface area contributed by atoms with E-state index in [9.17, 15) is 36.3 Å². The topological polar surface area (TPSA) is 113 Å². The first-order valence-electron chi connectivity index (χ1n) is 15.7.